The predicted octanol–water partition coefficient (Wildman–Crippen LogP) is 6.49. The summed E-state index contributed by atoms with van der Waals surface area (Å²) in [4.78, 5) is 12.2. The molecule has 0 unspecified atom stereocenters. The van der Waals surface area contributed by atoms with Crippen LogP contribution in [0.25, 0.3) is 0 Å². The number of carbonyl (C=O) groups excluding carboxylic acids is 1. The molecule has 0 atom stereocenters. The fraction of sp³-hybridized carbons (Fsp3) is 0.200. The van der Waals surface area contributed by atoms with Gasteiger partial charge in [0, 0.05) is 15.6 Å². The van der Waals surface area contributed by atoms with Gasteiger partial charge in [0.2, 0.25) is 5.91 Å². The highest BCUT2D eigenvalue weighted by Gasteiger charge is 2.13. The molecule has 0 heterocycles. The minimum atomic E-state index is -0.214. The second-order valence-corrected chi connectivity index (χ2v) is 8.45. The zero-order chi connectivity index (χ0) is 23.8. The van der Waals surface area contributed by atoms with Crippen LogP contribution >= 0.6 is 34.8 Å². The molecule has 1 amide bonds. The molecule has 0 aliphatic rings. The van der Waals surface area contributed by atoms with Crippen LogP contribution in [0, 0.1) is 0 Å². The first-order valence-electron chi connectivity index (χ1n) is 10.2. The number of hydrazone groups is 1. The van der Waals surface area contributed by atoms with Gasteiger partial charge in [0.1, 0.15) is 6.61 Å². The Hall–Kier alpha value is -2.73. The maximum Gasteiger partial charge on any atom is 0.244 e. The van der Waals surface area contributed by atoms with Gasteiger partial charge in [0.15, 0.2) is 11.5 Å². The maximum absolute atomic E-state index is 12.2. The van der Waals surface area contributed by atoms with Crippen LogP contribution < -0.4 is 14.9 Å². The molecule has 3 rings (SSSR count). The van der Waals surface area contributed by atoms with E-state index in [9.17, 15) is 4.79 Å². The number of carbonyl (C=O) groups is 1. The molecule has 0 saturated heterocycles. The average molecular weight is 506 g/mol. The molecule has 0 aromatic heterocycles. The van der Waals surface area contributed by atoms with E-state index in [0.717, 1.165) is 17.5 Å². The van der Waals surface area contributed by atoms with Crippen molar-refractivity contribution in [3.05, 3.63) is 91.9 Å². The molecule has 0 radical (unpaired) electrons. The molecular formula is C25H23Cl3N2O3. The number of halogens is 3. The fourth-order valence-electron chi connectivity index (χ4n) is 3.04. The second kappa shape index (κ2) is 11.9. The van der Waals surface area contributed by atoms with E-state index < -0.39 is 0 Å². The van der Waals surface area contributed by atoms with E-state index in [4.69, 9.17) is 44.3 Å². The summed E-state index contributed by atoms with van der Waals surface area (Å²) < 4.78 is 11.3. The monoisotopic (exact) mass is 504 g/mol. The molecule has 5 nitrogen and oxygen atoms in total. The summed E-state index contributed by atoms with van der Waals surface area (Å²) >= 11 is 18.5. The summed E-state index contributed by atoms with van der Waals surface area (Å²) in [7, 11) is 1.51. The van der Waals surface area contributed by atoms with Gasteiger partial charge in [-0.05, 0) is 47.4 Å². The van der Waals surface area contributed by atoms with Crippen molar-refractivity contribution in [2.24, 2.45) is 5.10 Å². The van der Waals surface area contributed by atoms with Gasteiger partial charge in [0.05, 0.1) is 24.8 Å². The van der Waals surface area contributed by atoms with Gasteiger partial charge in [-0.15, -0.1) is 0 Å². The first-order chi connectivity index (χ1) is 15.9. The summed E-state index contributed by atoms with van der Waals surface area (Å²) in [5.74, 6) is 0.589. The van der Waals surface area contributed by atoms with Crippen LogP contribution in [0.5, 0.6) is 11.5 Å². The van der Waals surface area contributed by atoms with Gasteiger partial charge >= 0.3 is 0 Å². The van der Waals surface area contributed by atoms with Gasteiger partial charge in [-0.25, -0.2) is 5.43 Å². The Bertz CT molecular complexity index is 1150. The van der Waals surface area contributed by atoms with Gasteiger partial charge in [-0.2, -0.15) is 5.10 Å². The van der Waals surface area contributed by atoms with Crippen LogP contribution in [0.4, 0.5) is 0 Å². The van der Waals surface area contributed by atoms with E-state index in [-0.39, 0.29) is 18.9 Å². The molecule has 0 saturated carbocycles. The Morgan fingerprint density at radius 1 is 1.00 bits per heavy atom. The lowest BCUT2D eigenvalue weighted by Crippen LogP contribution is -2.19. The van der Waals surface area contributed by atoms with Gasteiger partial charge in [-0.1, -0.05) is 72.1 Å². The highest BCUT2D eigenvalue weighted by Crippen LogP contribution is 2.37. The molecule has 33 heavy (non-hydrogen) atoms. The van der Waals surface area contributed by atoms with Crippen molar-refractivity contribution in [1.29, 1.82) is 0 Å². The van der Waals surface area contributed by atoms with Crippen LogP contribution in [0.2, 0.25) is 15.1 Å². The molecule has 0 bridgehead atoms. The van der Waals surface area contributed by atoms with E-state index in [1.54, 1.807) is 30.3 Å². The van der Waals surface area contributed by atoms with Crippen molar-refractivity contribution in [3.63, 3.8) is 0 Å². The van der Waals surface area contributed by atoms with Crippen LogP contribution in [-0.4, -0.2) is 19.2 Å². The molecule has 1 N–H and O–H groups in total. The lowest BCUT2D eigenvalue weighted by molar-refractivity contribution is -0.120. The molecule has 0 aliphatic heterocycles. The zero-order valence-corrected chi connectivity index (χ0v) is 20.5. The van der Waals surface area contributed by atoms with E-state index >= 15 is 0 Å². The van der Waals surface area contributed by atoms with Crippen molar-refractivity contribution >= 4 is 46.9 Å². The molecule has 3 aromatic rings. The Morgan fingerprint density at radius 2 is 1.73 bits per heavy atom. The summed E-state index contributed by atoms with van der Waals surface area (Å²) in [6, 6.07) is 16.5. The number of amides is 1. The number of aryl methyl sites for hydroxylation is 1. The van der Waals surface area contributed by atoms with E-state index in [1.807, 2.05) is 24.3 Å². The standard InChI is InChI=1S/C25H23Cl3N2O3/c1-3-16-4-6-17(7-5-16)12-24(31)30-29-14-18-10-22(28)25(23(11-18)32-2)33-15-19-8-9-20(26)13-21(19)27/h4-11,13-14H,3,12,15H2,1-2H3,(H,30,31)/b29-14+. The van der Waals surface area contributed by atoms with E-state index in [2.05, 4.69) is 17.5 Å². The topological polar surface area (TPSA) is 59.9 Å². The van der Waals surface area contributed by atoms with Crippen molar-refractivity contribution in [3.8, 4) is 11.5 Å². The number of ether oxygens (including phenoxy) is 2. The molecule has 0 spiro atoms. The van der Waals surface area contributed by atoms with Crippen molar-refractivity contribution in [2.75, 3.05) is 7.11 Å². The van der Waals surface area contributed by atoms with Crippen LogP contribution in [0.3, 0.4) is 0 Å². The summed E-state index contributed by atoms with van der Waals surface area (Å²) in [5, 5.41) is 5.40. The number of nitrogens with zero attached hydrogens (tertiary/aromatic N) is 1. The number of nitrogens with one attached hydrogen (secondary N) is 1. The minimum Gasteiger partial charge on any atom is -0.493 e. The van der Waals surface area contributed by atoms with E-state index in [1.165, 1.54) is 18.9 Å². The third-order valence-corrected chi connectivity index (χ3v) is 5.71. The normalized spacial score (nSPS) is 10.9. The fourth-order valence-corrected chi connectivity index (χ4v) is 3.78. The molecule has 3 aromatic carbocycles. The smallest absolute Gasteiger partial charge is 0.244 e. The van der Waals surface area contributed by atoms with Gasteiger partial charge < -0.3 is 9.47 Å². The highest BCUT2D eigenvalue weighted by atomic mass is 35.5. The largest absolute Gasteiger partial charge is 0.493 e. The molecule has 8 heteroatoms. The van der Waals surface area contributed by atoms with Gasteiger partial charge in [-0.3, -0.25) is 4.79 Å². The molecule has 172 valence electrons. The number of hydrogen-bond acceptors (Lipinski definition) is 4. The molecule has 0 fully saturated rings. The SMILES string of the molecule is CCc1ccc(CC(=O)N/N=C/c2cc(Cl)c(OCc3ccc(Cl)cc3Cl)c(OC)c2)cc1. The van der Waals surface area contributed by atoms with Gasteiger partial charge in [0.25, 0.3) is 0 Å². The minimum absolute atomic E-state index is 0.189. The summed E-state index contributed by atoms with van der Waals surface area (Å²) in [6.45, 7) is 2.28. The Morgan fingerprint density at radius 3 is 2.39 bits per heavy atom. The Labute approximate surface area is 208 Å². The van der Waals surface area contributed by atoms with Crippen molar-refractivity contribution in [1.82, 2.24) is 5.43 Å². The first-order valence-corrected chi connectivity index (χ1v) is 11.4. The first kappa shape index (κ1) is 24.9. The van der Waals surface area contributed by atoms with Crippen molar-refractivity contribution in [2.45, 2.75) is 26.4 Å². The highest BCUT2D eigenvalue weighted by molar-refractivity contribution is 6.35. The Kier molecular flexibility index (Phi) is 9.01. The van der Waals surface area contributed by atoms with Crippen LogP contribution in [0.1, 0.15) is 29.2 Å². The number of rotatable bonds is 9. The summed E-state index contributed by atoms with van der Waals surface area (Å²) in [6.07, 6.45) is 2.69. The van der Waals surface area contributed by atoms with Crippen LogP contribution in [-0.2, 0) is 24.2 Å². The number of methoxy groups -OCH3 is 1. The van der Waals surface area contributed by atoms with Crippen LogP contribution in [0.15, 0.2) is 59.7 Å². The second-order valence-electron chi connectivity index (χ2n) is 7.20. The van der Waals surface area contributed by atoms with E-state index in [0.29, 0.717) is 32.1 Å². The molecular weight excluding hydrogens is 483 g/mol. The third-order valence-electron chi connectivity index (χ3n) is 4.84. The molecule has 0 aliphatic carbocycles. The third kappa shape index (κ3) is 7.13. The summed E-state index contributed by atoms with van der Waals surface area (Å²) in [5.41, 5.74) is 6.08. The zero-order valence-electron chi connectivity index (χ0n) is 18.2. The number of hydrogen-bond donors (Lipinski definition) is 1. The maximum atomic E-state index is 12.2. The predicted molar refractivity (Wildman–Crippen MR) is 134 cm³/mol. The van der Waals surface area contributed by atoms with Crippen molar-refractivity contribution < 1.29 is 14.3 Å². The quantitative estimate of drug-likeness (QED) is 0.267. The number of benzene rings is 3. The lowest BCUT2D eigenvalue weighted by Gasteiger charge is -2.14. The average Bonchev–Trinajstić information content (AvgIpc) is 2.79. The Balaban J connectivity index is 1.63. The lowest BCUT2D eigenvalue weighted by atomic mass is 10.1.